The second-order valence-electron chi connectivity index (χ2n) is 6.08. The van der Waals surface area contributed by atoms with Gasteiger partial charge in [0, 0.05) is 56.4 Å². The SMILES string of the molecule is CCN1CCN(c2cc(Nc3ncc(-c4cccnc4)s3)ncn2)CC1.Cl. The lowest BCUT2D eigenvalue weighted by molar-refractivity contribution is 0.270. The third-order valence-electron chi connectivity index (χ3n) is 4.48. The van der Waals surface area contributed by atoms with Crippen LogP contribution in [0.4, 0.5) is 16.8 Å². The number of aromatic nitrogens is 4. The molecule has 0 unspecified atom stereocenters. The van der Waals surface area contributed by atoms with E-state index in [2.05, 4.69) is 42.0 Å². The Hall–Kier alpha value is -2.29. The van der Waals surface area contributed by atoms with Crippen molar-refractivity contribution >= 4 is 40.5 Å². The van der Waals surface area contributed by atoms with Gasteiger partial charge in [-0.1, -0.05) is 24.3 Å². The number of pyridine rings is 1. The minimum atomic E-state index is 0. The Labute approximate surface area is 168 Å². The summed E-state index contributed by atoms with van der Waals surface area (Å²) in [6.45, 7) is 7.44. The minimum absolute atomic E-state index is 0. The van der Waals surface area contributed by atoms with Gasteiger partial charge in [-0.25, -0.2) is 15.0 Å². The average molecular weight is 404 g/mol. The molecule has 1 fully saturated rings. The van der Waals surface area contributed by atoms with Gasteiger partial charge in [0.1, 0.15) is 18.0 Å². The van der Waals surface area contributed by atoms with Crippen molar-refractivity contribution in [3.05, 3.63) is 43.1 Å². The number of thiazole rings is 1. The van der Waals surface area contributed by atoms with Crippen LogP contribution in [0.2, 0.25) is 0 Å². The molecule has 4 heterocycles. The molecule has 27 heavy (non-hydrogen) atoms. The summed E-state index contributed by atoms with van der Waals surface area (Å²) in [4.78, 5) is 23.2. The second-order valence-corrected chi connectivity index (χ2v) is 7.11. The molecule has 1 saturated heterocycles. The molecule has 3 aromatic heterocycles. The number of hydrogen-bond acceptors (Lipinski definition) is 8. The van der Waals surface area contributed by atoms with E-state index in [1.165, 1.54) is 0 Å². The van der Waals surface area contributed by atoms with Crippen LogP contribution >= 0.6 is 23.7 Å². The maximum atomic E-state index is 4.45. The van der Waals surface area contributed by atoms with Gasteiger partial charge in [0.2, 0.25) is 0 Å². The summed E-state index contributed by atoms with van der Waals surface area (Å²) in [5.74, 6) is 1.72. The molecule has 1 aliphatic heterocycles. The van der Waals surface area contributed by atoms with Crippen LogP contribution in [0, 0.1) is 0 Å². The summed E-state index contributed by atoms with van der Waals surface area (Å²) in [7, 11) is 0. The first-order valence-corrected chi connectivity index (χ1v) is 9.56. The van der Waals surface area contributed by atoms with Gasteiger partial charge < -0.3 is 15.1 Å². The minimum Gasteiger partial charge on any atom is -0.354 e. The van der Waals surface area contributed by atoms with Crippen LogP contribution < -0.4 is 10.2 Å². The summed E-state index contributed by atoms with van der Waals surface area (Å²) in [5, 5.41) is 4.10. The second kappa shape index (κ2) is 9.07. The van der Waals surface area contributed by atoms with Crippen LogP contribution in [0.25, 0.3) is 10.4 Å². The van der Waals surface area contributed by atoms with Gasteiger partial charge in [-0.05, 0) is 12.6 Å². The van der Waals surface area contributed by atoms with Crippen molar-refractivity contribution in [2.45, 2.75) is 6.92 Å². The number of nitrogens with one attached hydrogen (secondary N) is 1. The van der Waals surface area contributed by atoms with Crippen molar-refractivity contribution in [3.8, 4) is 10.4 Å². The summed E-state index contributed by atoms with van der Waals surface area (Å²) in [6, 6.07) is 5.95. The van der Waals surface area contributed by atoms with Crippen molar-refractivity contribution in [3.63, 3.8) is 0 Å². The van der Waals surface area contributed by atoms with Gasteiger partial charge in [0.05, 0.1) is 4.88 Å². The standard InChI is InChI=1S/C18H21N7S.ClH/c1-2-24-6-8-25(9-7-24)17-10-16(21-13-22-17)23-18-20-12-15(26-18)14-4-3-5-19-11-14;/h3-5,10-13H,2,6-9H2,1H3,(H,20,21,22,23);1H. The topological polar surface area (TPSA) is 70.1 Å². The molecule has 0 atom stereocenters. The summed E-state index contributed by atoms with van der Waals surface area (Å²) in [5.41, 5.74) is 1.07. The molecule has 0 aliphatic carbocycles. The third kappa shape index (κ3) is 4.71. The van der Waals surface area contributed by atoms with Crippen LogP contribution in [-0.4, -0.2) is 57.6 Å². The van der Waals surface area contributed by atoms with E-state index >= 15 is 0 Å². The smallest absolute Gasteiger partial charge is 0.188 e. The molecule has 0 aromatic carbocycles. The summed E-state index contributed by atoms with van der Waals surface area (Å²) in [6.07, 6.45) is 7.08. The highest BCUT2D eigenvalue weighted by molar-refractivity contribution is 7.18. The van der Waals surface area contributed by atoms with Crippen LogP contribution in [0.3, 0.4) is 0 Å². The molecular weight excluding hydrogens is 382 g/mol. The molecule has 4 rings (SSSR count). The fraction of sp³-hybridized carbons (Fsp3) is 0.333. The number of anilines is 3. The fourth-order valence-electron chi connectivity index (χ4n) is 2.96. The molecule has 0 amide bonds. The van der Waals surface area contributed by atoms with Crippen molar-refractivity contribution in [1.82, 2.24) is 24.8 Å². The predicted octanol–water partition coefficient (Wildman–Crippen LogP) is 3.30. The van der Waals surface area contributed by atoms with Crippen LogP contribution in [0.5, 0.6) is 0 Å². The Bertz CT molecular complexity index is 850. The zero-order chi connectivity index (χ0) is 17.8. The molecule has 0 radical (unpaired) electrons. The normalized spacial score (nSPS) is 14.6. The summed E-state index contributed by atoms with van der Waals surface area (Å²) >= 11 is 1.58. The molecule has 9 heteroatoms. The van der Waals surface area contributed by atoms with E-state index in [1.54, 1.807) is 23.9 Å². The fourth-order valence-corrected chi connectivity index (χ4v) is 3.78. The van der Waals surface area contributed by atoms with Crippen molar-refractivity contribution in [2.75, 3.05) is 42.9 Å². The van der Waals surface area contributed by atoms with Gasteiger partial charge in [-0.3, -0.25) is 4.98 Å². The number of rotatable bonds is 5. The van der Waals surface area contributed by atoms with Crippen molar-refractivity contribution in [2.24, 2.45) is 0 Å². The monoisotopic (exact) mass is 403 g/mol. The lowest BCUT2D eigenvalue weighted by Crippen LogP contribution is -2.46. The lowest BCUT2D eigenvalue weighted by atomic mass is 10.3. The Morgan fingerprint density at radius 2 is 1.96 bits per heavy atom. The predicted molar refractivity (Wildman–Crippen MR) is 112 cm³/mol. The Kier molecular flexibility index (Phi) is 6.54. The van der Waals surface area contributed by atoms with Gasteiger partial charge in [-0.15, -0.1) is 12.4 Å². The van der Waals surface area contributed by atoms with E-state index in [0.717, 1.165) is 59.9 Å². The first kappa shape index (κ1) is 19.5. The third-order valence-corrected chi connectivity index (χ3v) is 5.44. The molecule has 0 spiro atoms. The quantitative estimate of drug-likeness (QED) is 0.700. The van der Waals surface area contributed by atoms with E-state index in [1.807, 2.05) is 30.6 Å². The first-order valence-electron chi connectivity index (χ1n) is 8.74. The Morgan fingerprint density at radius 3 is 2.70 bits per heavy atom. The summed E-state index contributed by atoms with van der Waals surface area (Å²) < 4.78 is 0. The van der Waals surface area contributed by atoms with Gasteiger partial charge in [0.15, 0.2) is 5.13 Å². The van der Waals surface area contributed by atoms with Gasteiger partial charge in [-0.2, -0.15) is 0 Å². The van der Waals surface area contributed by atoms with E-state index in [4.69, 9.17) is 0 Å². The van der Waals surface area contributed by atoms with Crippen LogP contribution in [0.1, 0.15) is 6.92 Å². The van der Waals surface area contributed by atoms with E-state index in [9.17, 15) is 0 Å². The highest BCUT2D eigenvalue weighted by Crippen LogP contribution is 2.30. The van der Waals surface area contributed by atoms with Crippen molar-refractivity contribution < 1.29 is 0 Å². The maximum absolute atomic E-state index is 4.45. The molecule has 142 valence electrons. The molecule has 0 saturated carbocycles. The molecule has 1 N–H and O–H groups in total. The number of hydrogen-bond donors (Lipinski definition) is 1. The molecule has 3 aromatic rings. The molecule has 7 nitrogen and oxygen atoms in total. The largest absolute Gasteiger partial charge is 0.354 e. The lowest BCUT2D eigenvalue weighted by Gasteiger charge is -2.34. The highest BCUT2D eigenvalue weighted by Gasteiger charge is 2.17. The highest BCUT2D eigenvalue weighted by atomic mass is 35.5. The zero-order valence-corrected chi connectivity index (χ0v) is 16.7. The van der Waals surface area contributed by atoms with E-state index in [0.29, 0.717) is 0 Å². The first-order chi connectivity index (χ1) is 12.8. The van der Waals surface area contributed by atoms with E-state index < -0.39 is 0 Å². The number of likely N-dealkylation sites (N-methyl/N-ethyl adjacent to an activating group) is 1. The van der Waals surface area contributed by atoms with Gasteiger partial charge in [0.25, 0.3) is 0 Å². The zero-order valence-electron chi connectivity index (χ0n) is 15.1. The molecule has 0 bridgehead atoms. The molecular formula is C18H22ClN7S. The number of piperazine rings is 1. The molecule has 1 aliphatic rings. The van der Waals surface area contributed by atoms with Crippen molar-refractivity contribution in [1.29, 1.82) is 0 Å². The Balaban J connectivity index is 0.00000210. The Morgan fingerprint density at radius 1 is 1.11 bits per heavy atom. The van der Waals surface area contributed by atoms with Crippen LogP contribution in [0.15, 0.2) is 43.1 Å². The average Bonchev–Trinajstić information content (AvgIpc) is 3.17. The van der Waals surface area contributed by atoms with Crippen LogP contribution in [-0.2, 0) is 0 Å². The van der Waals surface area contributed by atoms with E-state index in [-0.39, 0.29) is 12.4 Å². The number of halogens is 1. The van der Waals surface area contributed by atoms with Gasteiger partial charge >= 0.3 is 0 Å². The maximum Gasteiger partial charge on any atom is 0.188 e. The number of nitrogens with zero attached hydrogens (tertiary/aromatic N) is 6.